The summed E-state index contributed by atoms with van der Waals surface area (Å²) in [7, 11) is -3.50. The lowest BCUT2D eigenvalue weighted by Crippen LogP contribution is -2.17. The van der Waals surface area contributed by atoms with Crippen LogP contribution in [0.3, 0.4) is 0 Å². The Morgan fingerprint density at radius 1 is 0.839 bits per heavy atom. The molecule has 0 unspecified atom stereocenters. The molecule has 0 spiro atoms. The summed E-state index contributed by atoms with van der Waals surface area (Å²) >= 11 is 0. The molecule has 3 aromatic rings. The fourth-order valence-electron chi connectivity index (χ4n) is 2.83. The Kier molecular flexibility index (Phi) is 7.31. The van der Waals surface area contributed by atoms with Gasteiger partial charge in [0.2, 0.25) is 5.91 Å². The summed E-state index contributed by atoms with van der Waals surface area (Å²) in [6.07, 6.45) is -0.124. The summed E-state index contributed by atoms with van der Waals surface area (Å²) in [5.74, 6) is 1.44. The Balaban J connectivity index is 1.52. The monoisotopic (exact) mass is 439 g/mol. The fourth-order valence-corrected chi connectivity index (χ4v) is 4.07. The number of hydrogen-bond acceptors (Lipinski definition) is 5. The van der Waals surface area contributed by atoms with Gasteiger partial charge in [-0.1, -0.05) is 17.7 Å². The summed E-state index contributed by atoms with van der Waals surface area (Å²) in [5.41, 5.74) is 1.54. The summed E-state index contributed by atoms with van der Waals surface area (Å²) < 4.78 is 35.9. The lowest BCUT2D eigenvalue weighted by atomic mass is 10.2. The number of carbonyl (C=O) groups excluding carboxylic acids is 1. The molecule has 0 saturated carbocycles. The van der Waals surface area contributed by atoms with Gasteiger partial charge in [-0.3, -0.25) is 4.79 Å². The van der Waals surface area contributed by atoms with E-state index in [1.165, 1.54) is 0 Å². The van der Waals surface area contributed by atoms with Gasteiger partial charge in [-0.2, -0.15) is 0 Å². The van der Waals surface area contributed by atoms with Gasteiger partial charge in [-0.15, -0.1) is 0 Å². The van der Waals surface area contributed by atoms with E-state index in [9.17, 15) is 13.2 Å². The molecule has 0 atom stereocenters. The molecular weight excluding hydrogens is 414 g/mol. The minimum Gasteiger partial charge on any atom is -0.494 e. The van der Waals surface area contributed by atoms with Crippen LogP contribution in [-0.2, 0) is 14.6 Å². The number of hydrogen-bond donors (Lipinski definition) is 1. The van der Waals surface area contributed by atoms with Gasteiger partial charge in [0.1, 0.15) is 17.2 Å². The Morgan fingerprint density at radius 2 is 1.39 bits per heavy atom. The zero-order chi connectivity index (χ0) is 22.3. The predicted molar refractivity (Wildman–Crippen MR) is 121 cm³/mol. The number of nitrogens with one attached hydrogen (secondary N) is 1. The molecule has 1 N–H and O–H groups in total. The summed E-state index contributed by atoms with van der Waals surface area (Å²) in [5, 5.41) is 2.71. The first kappa shape index (κ1) is 22.4. The van der Waals surface area contributed by atoms with Crippen LogP contribution in [0.1, 0.15) is 18.9 Å². The molecule has 0 heterocycles. The van der Waals surface area contributed by atoms with E-state index in [4.69, 9.17) is 9.47 Å². The third-order valence-corrected chi connectivity index (χ3v) is 6.22. The number of anilines is 1. The highest BCUT2D eigenvalue weighted by molar-refractivity contribution is 7.91. The van der Waals surface area contributed by atoms with Crippen molar-refractivity contribution < 1.29 is 22.7 Å². The molecule has 3 rings (SSSR count). The lowest BCUT2D eigenvalue weighted by Gasteiger charge is -2.09. The predicted octanol–water partition coefficient (Wildman–Crippen LogP) is 4.99. The van der Waals surface area contributed by atoms with Crippen LogP contribution < -0.4 is 14.8 Å². The molecule has 0 aliphatic carbocycles. The number of carbonyl (C=O) groups is 1. The van der Waals surface area contributed by atoms with Gasteiger partial charge in [0.25, 0.3) is 0 Å². The van der Waals surface area contributed by atoms with Crippen LogP contribution in [0.5, 0.6) is 17.2 Å². The van der Waals surface area contributed by atoms with Gasteiger partial charge in [0, 0.05) is 12.1 Å². The summed E-state index contributed by atoms with van der Waals surface area (Å²) in [4.78, 5) is 12.4. The van der Waals surface area contributed by atoms with Crippen LogP contribution in [0, 0.1) is 6.92 Å². The Labute approximate surface area is 182 Å². The van der Waals surface area contributed by atoms with Gasteiger partial charge < -0.3 is 14.8 Å². The zero-order valence-electron chi connectivity index (χ0n) is 17.5. The van der Waals surface area contributed by atoms with E-state index in [1.54, 1.807) is 48.5 Å². The van der Waals surface area contributed by atoms with Crippen molar-refractivity contribution in [2.45, 2.75) is 25.2 Å². The topological polar surface area (TPSA) is 81.7 Å². The van der Waals surface area contributed by atoms with Crippen LogP contribution in [0.4, 0.5) is 5.69 Å². The van der Waals surface area contributed by atoms with Crippen LogP contribution in [0.15, 0.2) is 77.7 Å². The van der Waals surface area contributed by atoms with Crippen molar-refractivity contribution in [1.29, 1.82) is 0 Å². The second-order valence-electron chi connectivity index (χ2n) is 6.96. The van der Waals surface area contributed by atoms with Gasteiger partial charge in [0.05, 0.1) is 17.3 Å². The van der Waals surface area contributed by atoms with Crippen molar-refractivity contribution in [3.8, 4) is 17.2 Å². The minimum absolute atomic E-state index is 0.124. The van der Waals surface area contributed by atoms with Gasteiger partial charge in [-0.25, -0.2) is 8.42 Å². The highest BCUT2D eigenvalue weighted by Crippen LogP contribution is 2.25. The number of aryl methyl sites for hydroxylation is 1. The first-order valence-corrected chi connectivity index (χ1v) is 11.6. The molecule has 7 heteroatoms. The number of sulfone groups is 1. The van der Waals surface area contributed by atoms with E-state index >= 15 is 0 Å². The zero-order valence-corrected chi connectivity index (χ0v) is 18.3. The van der Waals surface area contributed by atoms with Gasteiger partial charge in [0.15, 0.2) is 9.84 Å². The largest absolute Gasteiger partial charge is 0.494 e. The van der Waals surface area contributed by atoms with E-state index in [1.807, 2.05) is 38.1 Å². The van der Waals surface area contributed by atoms with Crippen molar-refractivity contribution in [2.75, 3.05) is 17.7 Å². The average Bonchev–Trinajstić information content (AvgIpc) is 2.76. The summed E-state index contributed by atoms with van der Waals surface area (Å²) in [6, 6.07) is 20.8. The standard InChI is InChI=1S/C24H25NO5S/c1-3-29-20-10-12-22(13-11-20)30-21-8-6-19(7-9-21)25-24(26)16-17-31(27,28)23-14-4-18(2)5-15-23/h4-15H,3,16-17H2,1-2H3,(H,25,26). The van der Waals surface area contributed by atoms with E-state index in [2.05, 4.69) is 5.32 Å². The Morgan fingerprint density at radius 3 is 1.97 bits per heavy atom. The maximum absolute atomic E-state index is 12.4. The quantitative estimate of drug-likeness (QED) is 0.508. The molecule has 0 aliphatic heterocycles. The molecule has 162 valence electrons. The maximum atomic E-state index is 12.4. The molecule has 0 saturated heterocycles. The number of amides is 1. The summed E-state index contributed by atoms with van der Waals surface area (Å²) in [6.45, 7) is 4.41. The molecule has 6 nitrogen and oxygen atoms in total. The SMILES string of the molecule is CCOc1ccc(Oc2ccc(NC(=O)CCS(=O)(=O)c3ccc(C)cc3)cc2)cc1. The molecule has 1 amide bonds. The van der Waals surface area contributed by atoms with Crippen LogP contribution in [0.2, 0.25) is 0 Å². The van der Waals surface area contributed by atoms with Crippen LogP contribution >= 0.6 is 0 Å². The second kappa shape index (κ2) is 10.1. The normalized spacial score (nSPS) is 11.0. The molecule has 0 fully saturated rings. The van der Waals surface area contributed by atoms with E-state index in [0.29, 0.717) is 23.8 Å². The Hall–Kier alpha value is -3.32. The third-order valence-electron chi connectivity index (χ3n) is 4.49. The van der Waals surface area contributed by atoms with Gasteiger partial charge >= 0.3 is 0 Å². The molecule has 0 aliphatic rings. The van der Waals surface area contributed by atoms with Crippen molar-refractivity contribution in [1.82, 2.24) is 0 Å². The van der Waals surface area contributed by atoms with Crippen molar-refractivity contribution in [2.24, 2.45) is 0 Å². The van der Waals surface area contributed by atoms with Crippen molar-refractivity contribution >= 4 is 21.4 Å². The van der Waals surface area contributed by atoms with E-state index < -0.39 is 9.84 Å². The van der Waals surface area contributed by atoms with Crippen molar-refractivity contribution in [3.63, 3.8) is 0 Å². The fraction of sp³-hybridized carbons (Fsp3) is 0.208. The molecule has 31 heavy (non-hydrogen) atoms. The first-order valence-electron chi connectivity index (χ1n) is 9.96. The van der Waals surface area contributed by atoms with E-state index in [0.717, 1.165) is 11.3 Å². The van der Waals surface area contributed by atoms with Crippen LogP contribution in [-0.4, -0.2) is 26.7 Å². The molecular formula is C24H25NO5S. The highest BCUT2D eigenvalue weighted by Gasteiger charge is 2.16. The number of ether oxygens (including phenoxy) is 2. The number of rotatable bonds is 9. The van der Waals surface area contributed by atoms with Gasteiger partial charge in [-0.05, 0) is 74.5 Å². The molecule has 0 bridgehead atoms. The smallest absolute Gasteiger partial charge is 0.225 e. The first-order chi connectivity index (χ1) is 14.9. The second-order valence-corrected chi connectivity index (χ2v) is 9.07. The molecule has 0 radical (unpaired) electrons. The highest BCUT2D eigenvalue weighted by atomic mass is 32.2. The average molecular weight is 440 g/mol. The third kappa shape index (κ3) is 6.58. The lowest BCUT2D eigenvalue weighted by molar-refractivity contribution is -0.115. The number of benzene rings is 3. The Bertz CT molecular complexity index is 1110. The van der Waals surface area contributed by atoms with E-state index in [-0.39, 0.29) is 23.0 Å². The minimum atomic E-state index is -3.50. The maximum Gasteiger partial charge on any atom is 0.225 e. The molecule has 3 aromatic carbocycles. The van der Waals surface area contributed by atoms with Crippen molar-refractivity contribution in [3.05, 3.63) is 78.4 Å². The van der Waals surface area contributed by atoms with Crippen LogP contribution in [0.25, 0.3) is 0 Å². The molecule has 0 aromatic heterocycles.